The maximum atomic E-state index is 14.0. The van der Waals surface area contributed by atoms with Crippen molar-refractivity contribution in [3.8, 4) is 5.75 Å². The van der Waals surface area contributed by atoms with Gasteiger partial charge in [0.1, 0.15) is 0 Å². The van der Waals surface area contributed by atoms with Crippen LogP contribution in [0.2, 0.25) is 0 Å². The lowest BCUT2D eigenvalue weighted by atomic mass is 10.2. The van der Waals surface area contributed by atoms with Gasteiger partial charge in [0.05, 0.1) is 13.7 Å². The zero-order valence-corrected chi connectivity index (χ0v) is 16.3. The minimum Gasteiger partial charge on any atom is -0.494 e. The fourth-order valence-electron chi connectivity index (χ4n) is 3.17. The zero-order chi connectivity index (χ0) is 20.5. The number of aromatic nitrogens is 4. The van der Waals surface area contributed by atoms with E-state index in [4.69, 9.17) is 4.74 Å². The van der Waals surface area contributed by atoms with E-state index in [1.165, 1.54) is 28.3 Å². The number of rotatable bonds is 5. The molecule has 0 aliphatic carbocycles. The highest BCUT2D eigenvalue weighted by molar-refractivity contribution is 5.57. The van der Waals surface area contributed by atoms with Gasteiger partial charge < -0.3 is 10.1 Å². The zero-order valence-electron chi connectivity index (χ0n) is 16.3. The van der Waals surface area contributed by atoms with E-state index in [2.05, 4.69) is 15.4 Å². The SMILES string of the molecule is COc1ccc(Cn2nc3cc(C)nc(Nc4cccc(C)c4)n3c2=O)cc1F. The molecule has 0 saturated carbocycles. The number of benzene rings is 2. The largest absolute Gasteiger partial charge is 0.494 e. The van der Waals surface area contributed by atoms with E-state index in [1.54, 1.807) is 12.1 Å². The van der Waals surface area contributed by atoms with Crippen LogP contribution < -0.4 is 15.7 Å². The molecule has 0 radical (unpaired) electrons. The average Bonchev–Trinajstić information content (AvgIpc) is 2.97. The van der Waals surface area contributed by atoms with Gasteiger partial charge in [0, 0.05) is 17.4 Å². The van der Waals surface area contributed by atoms with Gasteiger partial charge in [-0.25, -0.2) is 23.3 Å². The van der Waals surface area contributed by atoms with Gasteiger partial charge in [0.25, 0.3) is 0 Å². The molecule has 0 aliphatic rings. The Morgan fingerprint density at radius 2 is 1.97 bits per heavy atom. The van der Waals surface area contributed by atoms with Gasteiger partial charge in [0.15, 0.2) is 17.2 Å². The lowest BCUT2D eigenvalue weighted by Gasteiger charge is -2.08. The molecule has 0 saturated heterocycles. The summed E-state index contributed by atoms with van der Waals surface area (Å²) in [5, 5.41) is 7.59. The third-order valence-electron chi connectivity index (χ3n) is 4.52. The second kappa shape index (κ2) is 7.38. The quantitative estimate of drug-likeness (QED) is 0.562. The number of hydrogen-bond donors (Lipinski definition) is 1. The lowest BCUT2D eigenvalue weighted by Crippen LogP contribution is -2.23. The summed E-state index contributed by atoms with van der Waals surface area (Å²) in [5.74, 6) is 0.0458. The topological polar surface area (TPSA) is 73.4 Å². The minimum atomic E-state index is -0.485. The second-order valence-electron chi connectivity index (χ2n) is 6.82. The van der Waals surface area contributed by atoms with Crippen LogP contribution in [0.1, 0.15) is 16.8 Å². The molecule has 0 aliphatic heterocycles. The van der Waals surface area contributed by atoms with E-state index in [0.717, 1.165) is 16.9 Å². The van der Waals surface area contributed by atoms with E-state index in [1.807, 2.05) is 38.1 Å². The number of halogens is 1. The maximum absolute atomic E-state index is 14.0. The molecule has 2 aromatic carbocycles. The Hall–Kier alpha value is -3.68. The Labute approximate surface area is 166 Å². The summed E-state index contributed by atoms with van der Waals surface area (Å²) < 4.78 is 21.6. The number of methoxy groups -OCH3 is 1. The van der Waals surface area contributed by atoms with Gasteiger partial charge in [-0.2, -0.15) is 0 Å². The third kappa shape index (κ3) is 3.69. The fourth-order valence-corrected chi connectivity index (χ4v) is 3.17. The molecular formula is C21H20FN5O2. The van der Waals surface area contributed by atoms with E-state index in [9.17, 15) is 9.18 Å². The summed E-state index contributed by atoms with van der Waals surface area (Å²) >= 11 is 0. The standard InChI is InChI=1S/C21H20FN5O2/c1-13-5-4-6-16(9-13)24-20-23-14(2)10-19-25-26(21(28)27(19)20)12-15-7-8-18(29-3)17(22)11-15/h4-11H,12H2,1-3H3,(H,23,24). The Kier molecular flexibility index (Phi) is 4.75. The minimum absolute atomic E-state index is 0.129. The predicted molar refractivity (Wildman–Crippen MR) is 108 cm³/mol. The van der Waals surface area contributed by atoms with Crippen molar-refractivity contribution in [3.63, 3.8) is 0 Å². The summed E-state index contributed by atoms with van der Waals surface area (Å²) in [7, 11) is 1.41. The molecule has 0 amide bonds. The molecule has 0 unspecified atom stereocenters. The van der Waals surface area contributed by atoms with Crippen LogP contribution in [-0.2, 0) is 6.54 Å². The number of hydrogen-bond acceptors (Lipinski definition) is 5. The second-order valence-corrected chi connectivity index (χ2v) is 6.82. The first-order valence-electron chi connectivity index (χ1n) is 9.08. The highest BCUT2D eigenvalue weighted by Gasteiger charge is 2.14. The van der Waals surface area contributed by atoms with Crippen LogP contribution in [-0.4, -0.2) is 26.3 Å². The van der Waals surface area contributed by atoms with Crippen molar-refractivity contribution in [1.29, 1.82) is 0 Å². The molecule has 7 nitrogen and oxygen atoms in total. The van der Waals surface area contributed by atoms with Crippen LogP contribution in [0.15, 0.2) is 53.3 Å². The molecule has 2 aromatic heterocycles. The first-order valence-corrected chi connectivity index (χ1v) is 9.08. The smallest absolute Gasteiger partial charge is 0.353 e. The first-order chi connectivity index (χ1) is 13.9. The van der Waals surface area contributed by atoms with Crippen LogP contribution in [0.25, 0.3) is 5.65 Å². The van der Waals surface area contributed by atoms with Gasteiger partial charge in [-0.1, -0.05) is 18.2 Å². The number of nitrogens with one attached hydrogen (secondary N) is 1. The van der Waals surface area contributed by atoms with Crippen LogP contribution in [0.4, 0.5) is 16.0 Å². The molecular weight excluding hydrogens is 373 g/mol. The van der Waals surface area contributed by atoms with Crippen LogP contribution in [0.3, 0.4) is 0 Å². The van der Waals surface area contributed by atoms with Crippen molar-refractivity contribution >= 4 is 17.3 Å². The first kappa shape index (κ1) is 18.7. The van der Waals surface area contributed by atoms with E-state index in [-0.39, 0.29) is 18.0 Å². The van der Waals surface area contributed by atoms with Gasteiger partial charge >= 0.3 is 5.69 Å². The average molecular weight is 393 g/mol. The normalized spacial score (nSPS) is 11.0. The Morgan fingerprint density at radius 3 is 2.69 bits per heavy atom. The summed E-state index contributed by atoms with van der Waals surface area (Å²) in [5.41, 5.74) is 3.34. The number of aryl methyl sites for hydroxylation is 2. The molecule has 8 heteroatoms. The van der Waals surface area contributed by atoms with Crippen molar-refractivity contribution in [3.05, 3.63) is 81.7 Å². The monoisotopic (exact) mass is 393 g/mol. The van der Waals surface area contributed by atoms with Crippen molar-refractivity contribution in [2.24, 2.45) is 0 Å². The van der Waals surface area contributed by atoms with Gasteiger partial charge in [-0.05, 0) is 49.2 Å². The molecule has 148 valence electrons. The molecule has 0 spiro atoms. The Morgan fingerprint density at radius 1 is 1.14 bits per heavy atom. The maximum Gasteiger partial charge on any atom is 0.353 e. The Bertz CT molecular complexity index is 1260. The van der Waals surface area contributed by atoms with Gasteiger partial charge in [0.2, 0.25) is 5.95 Å². The van der Waals surface area contributed by atoms with E-state index < -0.39 is 5.82 Å². The van der Waals surface area contributed by atoms with Crippen molar-refractivity contribution in [2.45, 2.75) is 20.4 Å². The number of nitrogens with zero attached hydrogens (tertiary/aromatic N) is 4. The molecule has 2 heterocycles. The summed E-state index contributed by atoms with van der Waals surface area (Å²) in [4.78, 5) is 17.5. The van der Waals surface area contributed by atoms with Crippen molar-refractivity contribution < 1.29 is 9.13 Å². The number of anilines is 2. The molecule has 4 aromatic rings. The molecule has 1 N–H and O–H groups in total. The fraction of sp³-hybridized carbons (Fsp3) is 0.190. The predicted octanol–water partition coefficient (Wildman–Crippen LogP) is 3.45. The summed E-state index contributed by atoms with van der Waals surface area (Å²) in [6.45, 7) is 3.96. The molecule has 4 rings (SSSR count). The van der Waals surface area contributed by atoms with Crippen molar-refractivity contribution in [1.82, 2.24) is 19.2 Å². The molecule has 29 heavy (non-hydrogen) atoms. The van der Waals surface area contributed by atoms with Gasteiger partial charge in [-0.3, -0.25) is 0 Å². The van der Waals surface area contributed by atoms with E-state index in [0.29, 0.717) is 17.2 Å². The third-order valence-corrected chi connectivity index (χ3v) is 4.52. The van der Waals surface area contributed by atoms with Gasteiger partial charge in [-0.15, -0.1) is 5.10 Å². The Balaban J connectivity index is 1.75. The lowest BCUT2D eigenvalue weighted by molar-refractivity contribution is 0.386. The number of fused-ring (bicyclic) bond motifs is 1. The number of ether oxygens (including phenoxy) is 1. The highest BCUT2D eigenvalue weighted by Crippen LogP contribution is 2.19. The highest BCUT2D eigenvalue weighted by atomic mass is 19.1. The van der Waals surface area contributed by atoms with Crippen LogP contribution >= 0.6 is 0 Å². The van der Waals surface area contributed by atoms with Crippen molar-refractivity contribution in [2.75, 3.05) is 12.4 Å². The van der Waals surface area contributed by atoms with E-state index >= 15 is 0 Å². The van der Waals surface area contributed by atoms with Crippen LogP contribution in [0.5, 0.6) is 5.75 Å². The molecule has 0 bridgehead atoms. The molecule has 0 fully saturated rings. The van der Waals surface area contributed by atoms with Crippen LogP contribution in [0, 0.1) is 19.7 Å². The summed E-state index contributed by atoms with van der Waals surface area (Å²) in [6.07, 6.45) is 0. The summed E-state index contributed by atoms with van der Waals surface area (Å²) in [6, 6.07) is 14.1. The molecule has 0 atom stereocenters.